The van der Waals surface area contributed by atoms with Crippen molar-refractivity contribution in [1.29, 1.82) is 0 Å². The number of aryl methyl sites for hydroxylation is 1. The first kappa shape index (κ1) is 22.3. The standard InChI is InChI=1S/C24H39BO2/c1-7-12-26-13-10-9-11-16(3)21-14-17(4)24-22(18(21)5)23(19(6)27-24)20(8-2)15-25/h14,16,19-20,23H,7-13,15H2,1-6H3. The minimum atomic E-state index is 0.215. The van der Waals surface area contributed by atoms with Crippen LogP contribution in [0.4, 0.5) is 0 Å². The lowest BCUT2D eigenvalue weighted by Gasteiger charge is -2.26. The largest absolute Gasteiger partial charge is 0.489 e. The first-order chi connectivity index (χ1) is 13.0. The maximum Gasteiger partial charge on any atom is 0.126 e. The van der Waals surface area contributed by atoms with Gasteiger partial charge in [-0.3, -0.25) is 0 Å². The number of benzene rings is 1. The maximum atomic E-state index is 6.31. The van der Waals surface area contributed by atoms with Crippen LogP contribution in [0, 0.1) is 19.8 Å². The van der Waals surface area contributed by atoms with E-state index in [4.69, 9.17) is 17.3 Å². The van der Waals surface area contributed by atoms with E-state index >= 15 is 0 Å². The molecule has 2 radical (unpaired) electrons. The summed E-state index contributed by atoms with van der Waals surface area (Å²) in [6, 6.07) is 2.37. The van der Waals surface area contributed by atoms with E-state index in [1.54, 1.807) is 0 Å². The van der Waals surface area contributed by atoms with Gasteiger partial charge in [0, 0.05) is 24.7 Å². The number of unbranched alkanes of at least 4 members (excludes halogenated alkanes) is 1. The van der Waals surface area contributed by atoms with E-state index in [1.165, 1.54) is 35.1 Å². The highest BCUT2D eigenvalue weighted by atomic mass is 16.5. The van der Waals surface area contributed by atoms with Crippen LogP contribution in [-0.2, 0) is 4.74 Å². The quantitative estimate of drug-likeness (QED) is 0.328. The lowest BCUT2D eigenvalue weighted by Crippen LogP contribution is -2.22. The molecule has 0 saturated heterocycles. The second-order valence-electron chi connectivity index (χ2n) is 8.41. The molecule has 0 saturated carbocycles. The molecule has 0 spiro atoms. The van der Waals surface area contributed by atoms with Crippen LogP contribution in [0.5, 0.6) is 5.75 Å². The van der Waals surface area contributed by atoms with E-state index in [0.717, 1.165) is 44.5 Å². The third-order valence-electron chi connectivity index (χ3n) is 6.34. The SMILES string of the molecule is [B]CC(CC)C1c2c(C)c(C(C)CCCCOCCC)cc(C)c2OC1C. The van der Waals surface area contributed by atoms with Gasteiger partial charge in [-0.25, -0.2) is 0 Å². The summed E-state index contributed by atoms with van der Waals surface area (Å²) in [5, 5.41) is 0. The molecule has 0 aliphatic carbocycles. The minimum absolute atomic E-state index is 0.215. The molecule has 0 amide bonds. The van der Waals surface area contributed by atoms with Gasteiger partial charge in [0.05, 0.1) is 7.85 Å². The monoisotopic (exact) mass is 370 g/mol. The Morgan fingerprint density at radius 2 is 1.93 bits per heavy atom. The van der Waals surface area contributed by atoms with E-state index < -0.39 is 0 Å². The Bertz CT molecular complexity index is 595. The Labute approximate surface area is 168 Å². The minimum Gasteiger partial charge on any atom is -0.489 e. The van der Waals surface area contributed by atoms with Gasteiger partial charge < -0.3 is 9.47 Å². The molecule has 1 aromatic rings. The van der Waals surface area contributed by atoms with E-state index in [0.29, 0.717) is 17.8 Å². The highest BCUT2D eigenvalue weighted by Crippen LogP contribution is 2.49. The number of fused-ring (bicyclic) bond motifs is 1. The number of ether oxygens (including phenoxy) is 2. The van der Waals surface area contributed by atoms with Crippen molar-refractivity contribution in [3.05, 3.63) is 28.3 Å². The average Bonchev–Trinajstić information content (AvgIpc) is 3.00. The van der Waals surface area contributed by atoms with Gasteiger partial charge >= 0.3 is 0 Å². The topological polar surface area (TPSA) is 18.5 Å². The van der Waals surface area contributed by atoms with Gasteiger partial charge in [-0.15, -0.1) is 0 Å². The molecule has 0 bridgehead atoms. The summed E-state index contributed by atoms with van der Waals surface area (Å²) in [6.45, 7) is 15.3. The molecule has 0 fully saturated rings. The van der Waals surface area contributed by atoms with Crippen molar-refractivity contribution in [2.24, 2.45) is 5.92 Å². The fourth-order valence-electron chi connectivity index (χ4n) is 4.75. The Morgan fingerprint density at radius 3 is 2.56 bits per heavy atom. The molecule has 1 heterocycles. The van der Waals surface area contributed by atoms with Gasteiger partial charge in [-0.1, -0.05) is 46.0 Å². The lowest BCUT2D eigenvalue weighted by atomic mass is 9.73. The first-order valence-corrected chi connectivity index (χ1v) is 11.0. The molecular formula is C24H39BO2. The maximum absolute atomic E-state index is 6.31. The van der Waals surface area contributed by atoms with E-state index in [1.807, 2.05) is 0 Å². The Morgan fingerprint density at radius 1 is 1.19 bits per heavy atom. The van der Waals surface area contributed by atoms with Crippen LogP contribution >= 0.6 is 0 Å². The third kappa shape index (κ3) is 5.10. The molecule has 2 nitrogen and oxygen atoms in total. The zero-order valence-corrected chi connectivity index (χ0v) is 18.4. The summed E-state index contributed by atoms with van der Waals surface area (Å²) in [5.74, 6) is 2.60. The molecule has 4 atom stereocenters. The zero-order valence-electron chi connectivity index (χ0n) is 18.4. The summed E-state index contributed by atoms with van der Waals surface area (Å²) >= 11 is 0. The van der Waals surface area contributed by atoms with Gasteiger partial charge in [0.15, 0.2) is 0 Å². The molecule has 0 aromatic heterocycles. The summed E-state index contributed by atoms with van der Waals surface area (Å²) in [7, 11) is 6.12. The van der Waals surface area contributed by atoms with Crippen LogP contribution in [0.1, 0.15) is 93.9 Å². The van der Waals surface area contributed by atoms with Crippen molar-refractivity contribution >= 4 is 7.85 Å². The Hall–Kier alpha value is -0.955. The fourth-order valence-corrected chi connectivity index (χ4v) is 4.75. The van der Waals surface area contributed by atoms with Gasteiger partial charge in [0.25, 0.3) is 0 Å². The predicted octanol–water partition coefficient (Wildman–Crippen LogP) is 6.48. The van der Waals surface area contributed by atoms with Crippen LogP contribution in [0.3, 0.4) is 0 Å². The molecule has 1 aliphatic rings. The van der Waals surface area contributed by atoms with E-state index in [-0.39, 0.29) is 6.10 Å². The molecule has 27 heavy (non-hydrogen) atoms. The molecule has 1 aromatic carbocycles. The van der Waals surface area contributed by atoms with E-state index in [2.05, 4.69) is 47.6 Å². The van der Waals surface area contributed by atoms with Gasteiger partial charge in [0.1, 0.15) is 11.9 Å². The van der Waals surface area contributed by atoms with Crippen LogP contribution < -0.4 is 4.74 Å². The van der Waals surface area contributed by atoms with Crippen molar-refractivity contribution < 1.29 is 9.47 Å². The molecule has 4 unspecified atom stereocenters. The van der Waals surface area contributed by atoms with Crippen molar-refractivity contribution in [3.8, 4) is 5.75 Å². The van der Waals surface area contributed by atoms with Crippen molar-refractivity contribution in [2.45, 2.75) is 97.9 Å². The van der Waals surface area contributed by atoms with Crippen molar-refractivity contribution in [3.63, 3.8) is 0 Å². The highest BCUT2D eigenvalue weighted by molar-refractivity contribution is 6.08. The second kappa shape index (κ2) is 10.6. The fraction of sp³-hybridized carbons (Fsp3) is 0.750. The summed E-state index contributed by atoms with van der Waals surface area (Å²) in [6.07, 6.45) is 6.73. The highest BCUT2D eigenvalue weighted by Gasteiger charge is 2.38. The molecular weight excluding hydrogens is 331 g/mol. The molecule has 3 heteroatoms. The van der Waals surface area contributed by atoms with Crippen molar-refractivity contribution in [2.75, 3.05) is 13.2 Å². The van der Waals surface area contributed by atoms with E-state index in [9.17, 15) is 0 Å². The molecule has 1 aliphatic heterocycles. The summed E-state index contributed by atoms with van der Waals surface area (Å²) < 4.78 is 11.9. The lowest BCUT2D eigenvalue weighted by molar-refractivity contribution is 0.130. The number of hydrogen-bond donors (Lipinski definition) is 0. The van der Waals surface area contributed by atoms with Gasteiger partial charge in [0.2, 0.25) is 0 Å². The first-order valence-electron chi connectivity index (χ1n) is 11.0. The summed E-state index contributed by atoms with van der Waals surface area (Å²) in [5.41, 5.74) is 5.65. The predicted molar refractivity (Wildman–Crippen MR) is 116 cm³/mol. The zero-order chi connectivity index (χ0) is 20.0. The normalized spacial score (nSPS) is 21.0. The van der Waals surface area contributed by atoms with Crippen LogP contribution in [0.25, 0.3) is 0 Å². The van der Waals surface area contributed by atoms with Crippen molar-refractivity contribution in [1.82, 2.24) is 0 Å². The summed E-state index contributed by atoms with van der Waals surface area (Å²) in [4.78, 5) is 0. The van der Waals surface area contributed by atoms with Gasteiger partial charge in [-0.2, -0.15) is 0 Å². The number of rotatable bonds is 11. The number of hydrogen-bond acceptors (Lipinski definition) is 2. The molecule has 0 N–H and O–H groups in total. The molecule has 150 valence electrons. The smallest absolute Gasteiger partial charge is 0.126 e. The van der Waals surface area contributed by atoms with Crippen LogP contribution in [-0.4, -0.2) is 27.2 Å². The Kier molecular flexibility index (Phi) is 8.73. The van der Waals surface area contributed by atoms with Crippen LogP contribution in [0.2, 0.25) is 6.32 Å². The second-order valence-corrected chi connectivity index (χ2v) is 8.41. The molecule has 2 rings (SSSR count). The third-order valence-corrected chi connectivity index (χ3v) is 6.34. The average molecular weight is 370 g/mol. The van der Waals surface area contributed by atoms with Crippen LogP contribution in [0.15, 0.2) is 6.07 Å². The Balaban J connectivity index is 2.17. The van der Waals surface area contributed by atoms with Gasteiger partial charge in [-0.05, 0) is 68.6 Å².